The molecule has 1 fully saturated rings. The number of carbonyl (C=O) groups is 1. The van der Waals surface area contributed by atoms with E-state index in [9.17, 15) is 13.6 Å². The third kappa shape index (κ3) is 4.31. The van der Waals surface area contributed by atoms with Crippen molar-refractivity contribution in [3.8, 4) is 5.75 Å². The minimum Gasteiger partial charge on any atom is -0.494 e. The normalized spacial score (nSPS) is 13.4. The average Bonchev–Trinajstić information content (AvgIpc) is 3.48. The van der Waals surface area contributed by atoms with Crippen molar-refractivity contribution in [1.82, 2.24) is 9.55 Å². The van der Waals surface area contributed by atoms with Crippen LogP contribution < -0.4 is 15.0 Å². The quantitative estimate of drug-likeness (QED) is 0.427. The van der Waals surface area contributed by atoms with Crippen molar-refractivity contribution in [2.45, 2.75) is 19.4 Å². The van der Waals surface area contributed by atoms with E-state index in [-0.39, 0.29) is 12.4 Å². The summed E-state index contributed by atoms with van der Waals surface area (Å²) in [6.07, 6.45) is 3.83. The standard InChI is InChI=1S/C26H24F2N4O2/c1-34-24-14-25(31-9-2-3-10-31)29-15-21(24)30-26(33)23-13-18-12-20(28)7-8-22(18)32(23)16-17-5-4-6-19(27)11-17/h4-8,11-15H,2-3,9-10,16H2,1H3,(H,30,33). The number of halogens is 2. The van der Waals surface area contributed by atoms with Crippen molar-refractivity contribution >= 4 is 28.3 Å². The third-order valence-corrected chi connectivity index (χ3v) is 6.08. The number of benzene rings is 2. The fourth-order valence-electron chi connectivity index (χ4n) is 4.41. The van der Waals surface area contributed by atoms with E-state index in [1.54, 1.807) is 42.1 Å². The number of methoxy groups -OCH3 is 1. The van der Waals surface area contributed by atoms with Gasteiger partial charge < -0.3 is 19.5 Å². The van der Waals surface area contributed by atoms with Gasteiger partial charge in [-0.1, -0.05) is 12.1 Å². The van der Waals surface area contributed by atoms with Gasteiger partial charge in [0.1, 0.15) is 34.6 Å². The fourth-order valence-corrected chi connectivity index (χ4v) is 4.41. The summed E-state index contributed by atoms with van der Waals surface area (Å²) in [5.41, 5.74) is 2.11. The van der Waals surface area contributed by atoms with Crippen molar-refractivity contribution in [2.24, 2.45) is 0 Å². The van der Waals surface area contributed by atoms with Gasteiger partial charge in [0.15, 0.2) is 0 Å². The Balaban J connectivity index is 1.49. The van der Waals surface area contributed by atoms with Crippen LogP contribution in [0.2, 0.25) is 0 Å². The Bertz CT molecular complexity index is 1360. The number of fused-ring (bicyclic) bond motifs is 1. The molecule has 174 valence electrons. The highest BCUT2D eigenvalue weighted by molar-refractivity contribution is 6.07. The molecule has 0 radical (unpaired) electrons. The molecular formula is C26H24F2N4O2. The minimum atomic E-state index is -0.401. The number of nitrogens with zero attached hydrogens (tertiary/aromatic N) is 3. The summed E-state index contributed by atoms with van der Waals surface area (Å²) in [4.78, 5) is 20.0. The van der Waals surface area contributed by atoms with E-state index in [0.717, 1.165) is 31.7 Å². The molecule has 3 heterocycles. The van der Waals surface area contributed by atoms with Crippen LogP contribution in [-0.2, 0) is 6.54 Å². The van der Waals surface area contributed by atoms with Crippen LogP contribution in [-0.4, -0.2) is 35.7 Å². The molecule has 4 aromatic rings. The largest absolute Gasteiger partial charge is 0.494 e. The van der Waals surface area contributed by atoms with Crippen LogP contribution in [0.3, 0.4) is 0 Å². The van der Waals surface area contributed by atoms with Crippen LogP contribution in [0.25, 0.3) is 10.9 Å². The maximum atomic E-state index is 13.9. The lowest BCUT2D eigenvalue weighted by Gasteiger charge is -2.18. The predicted octanol–water partition coefficient (Wildman–Crippen LogP) is 5.22. The molecule has 2 aromatic heterocycles. The van der Waals surface area contributed by atoms with Gasteiger partial charge in [0.05, 0.1) is 13.3 Å². The first-order valence-electron chi connectivity index (χ1n) is 11.2. The van der Waals surface area contributed by atoms with Gasteiger partial charge in [-0.2, -0.15) is 0 Å². The van der Waals surface area contributed by atoms with Gasteiger partial charge in [0.2, 0.25) is 0 Å². The topological polar surface area (TPSA) is 59.4 Å². The van der Waals surface area contributed by atoms with Gasteiger partial charge in [-0.3, -0.25) is 4.79 Å². The highest BCUT2D eigenvalue weighted by Gasteiger charge is 2.20. The highest BCUT2D eigenvalue weighted by atomic mass is 19.1. The molecule has 34 heavy (non-hydrogen) atoms. The molecule has 0 unspecified atom stereocenters. The summed E-state index contributed by atoms with van der Waals surface area (Å²) in [5.74, 6) is 0.153. The van der Waals surface area contributed by atoms with E-state index in [1.807, 2.05) is 6.07 Å². The molecular weight excluding hydrogens is 438 g/mol. The fraction of sp³-hybridized carbons (Fsp3) is 0.231. The molecule has 5 rings (SSSR count). The van der Waals surface area contributed by atoms with Gasteiger partial charge in [-0.15, -0.1) is 0 Å². The molecule has 0 aliphatic carbocycles. The second-order valence-electron chi connectivity index (χ2n) is 8.34. The molecule has 0 bridgehead atoms. The summed E-state index contributed by atoms with van der Waals surface area (Å²) in [5, 5.41) is 3.45. The Morgan fingerprint density at radius 2 is 1.85 bits per heavy atom. The van der Waals surface area contributed by atoms with Crippen molar-refractivity contribution in [1.29, 1.82) is 0 Å². The van der Waals surface area contributed by atoms with Crippen LogP contribution in [0.4, 0.5) is 20.3 Å². The van der Waals surface area contributed by atoms with Crippen molar-refractivity contribution in [3.05, 3.63) is 83.7 Å². The molecule has 8 heteroatoms. The first kappa shape index (κ1) is 21.9. The van der Waals surface area contributed by atoms with Crippen molar-refractivity contribution in [3.63, 3.8) is 0 Å². The lowest BCUT2D eigenvalue weighted by Crippen LogP contribution is -2.20. The number of hydrogen-bond donors (Lipinski definition) is 1. The zero-order chi connectivity index (χ0) is 23.7. The summed E-state index contributed by atoms with van der Waals surface area (Å²) in [6, 6.07) is 14.0. The number of carbonyl (C=O) groups excluding carboxylic acids is 1. The average molecular weight is 463 g/mol. The summed E-state index contributed by atoms with van der Waals surface area (Å²) >= 11 is 0. The first-order valence-corrected chi connectivity index (χ1v) is 11.2. The molecule has 1 aliphatic rings. The molecule has 0 saturated carbocycles. The third-order valence-electron chi connectivity index (χ3n) is 6.08. The second-order valence-corrected chi connectivity index (χ2v) is 8.34. The number of hydrogen-bond acceptors (Lipinski definition) is 4. The second kappa shape index (κ2) is 9.13. The van der Waals surface area contributed by atoms with E-state index >= 15 is 0 Å². The lowest BCUT2D eigenvalue weighted by molar-refractivity contribution is 0.101. The number of rotatable bonds is 6. The van der Waals surface area contributed by atoms with Gasteiger partial charge >= 0.3 is 0 Å². The van der Waals surface area contributed by atoms with Gasteiger partial charge in [0.25, 0.3) is 5.91 Å². The smallest absolute Gasteiger partial charge is 0.272 e. The molecule has 1 saturated heterocycles. The summed E-state index contributed by atoms with van der Waals surface area (Å²) in [7, 11) is 1.54. The number of anilines is 2. The number of nitrogens with one attached hydrogen (secondary N) is 1. The highest BCUT2D eigenvalue weighted by Crippen LogP contribution is 2.30. The molecule has 6 nitrogen and oxygen atoms in total. The Hall–Kier alpha value is -3.94. The molecule has 1 N–H and O–H groups in total. The number of amides is 1. The van der Waals surface area contributed by atoms with E-state index in [2.05, 4.69) is 15.2 Å². The maximum Gasteiger partial charge on any atom is 0.272 e. The van der Waals surface area contributed by atoms with E-state index in [1.165, 1.54) is 24.3 Å². The molecule has 2 aromatic carbocycles. The Morgan fingerprint density at radius 3 is 2.62 bits per heavy atom. The van der Waals surface area contributed by atoms with Crippen LogP contribution >= 0.6 is 0 Å². The maximum absolute atomic E-state index is 13.9. The number of ether oxygens (including phenoxy) is 1. The van der Waals surface area contributed by atoms with Gasteiger partial charge in [-0.25, -0.2) is 13.8 Å². The zero-order valence-electron chi connectivity index (χ0n) is 18.7. The van der Waals surface area contributed by atoms with Crippen molar-refractivity contribution < 1.29 is 18.3 Å². The zero-order valence-corrected chi connectivity index (χ0v) is 18.7. The molecule has 1 aliphatic heterocycles. The predicted molar refractivity (Wildman–Crippen MR) is 128 cm³/mol. The minimum absolute atomic E-state index is 0.249. The lowest BCUT2D eigenvalue weighted by atomic mass is 10.2. The van der Waals surface area contributed by atoms with Crippen LogP contribution in [0.15, 0.2) is 60.8 Å². The van der Waals surface area contributed by atoms with E-state index in [4.69, 9.17) is 4.74 Å². The Kier molecular flexibility index (Phi) is 5.88. The number of pyridine rings is 1. The molecule has 1 amide bonds. The number of aromatic nitrogens is 2. The van der Waals surface area contributed by atoms with Gasteiger partial charge in [0, 0.05) is 36.6 Å². The monoisotopic (exact) mass is 462 g/mol. The van der Waals surface area contributed by atoms with Gasteiger partial charge in [-0.05, 0) is 54.8 Å². The molecule has 0 atom stereocenters. The van der Waals surface area contributed by atoms with E-state index in [0.29, 0.717) is 33.6 Å². The summed E-state index contributed by atoms with van der Waals surface area (Å²) < 4.78 is 34.9. The summed E-state index contributed by atoms with van der Waals surface area (Å²) in [6.45, 7) is 2.14. The molecule has 0 spiro atoms. The SMILES string of the molecule is COc1cc(N2CCCC2)ncc1NC(=O)c1cc2cc(F)ccc2n1Cc1cccc(F)c1. The van der Waals surface area contributed by atoms with Crippen LogP contribution in [0, 0.1) is 11.6 Å². The van der Waals surface area contributed by atoms with Crippen molar-refractivity contribution in [2.75, 3.05) is 30.4 Å². The van der Waals surface area contributed by atoms with Crippen LogP contribution in [0.1, 0.15) is 28.9 Å². The first-order chi connectivity index (χ1) is 16.5. The Morgan fingerprint density at radius 1 is 1.06 bits per heavy atom. The van der Waals surface area contributed by atoms with E-state index < -0.39 is 11.7 Å². The Labute approximate surface area is 195 Å². The van der Waals surface area contributed by atoms with Crippen LogP contribution in [0.5, 0.6) is 5.75 Å².